The summed E-state index contributed by atoms with van der Waals surface area (Å²) in [7, 11) is 2.81. The number of aliphatic hydroxyl groups excluding tert-OH is 1. The van der Waals surface area contributed by atoms with Gasteiger partial charge >= 0.3 is 6.09 Å². The Labute approximate surface area is 288 Å². The van der Waals surface area contributed by atoms with Gasteiger partial charge in [-0.1, -0.05) is 36.8 Å². The number of hydrogen-bond donors (Lipinski definition) is 6. The fraction of sp³-hybridized carbons (Fsp3) is 0.343. The van der Waals surface area contributed by atoms with Gasteiger partial charge in [0.05, 0.1) is 28.5 Å². The van der Waals surface area contributed by atoms with Crippen LogP contribution >= 0.6 is 0 Å². The van der Waals surface area contributed by atoms with E-state index in [1.807, 2.05) is 0 Å². The van der Waals surface area contributed by atoms with E-state index in [0.717, 1.165) is 18.2 Å². The number of phenols is 2. The first-order valence-electron chi connectivity index (χ1n) is 15.4. The summed E-state index contributed by atoms with van der Waals surface area (Å²) in [6.45, 7) is 6.61. The molecule has 5 atom stereocenters. The minimum Gasteiger partial charge on any atom is -0.506 e. The van der Waals surface area contributed by atoms with E-state index >= 15 is 0 Å². The molecule has 3 rings (SSSR count). The zero-order chi connectivity index (χ0) is 37.3. The van der Waals surface area contributed by atoms with Crippen molar-refractivity contribution in [3.05, 3.63) is 92.6 Å². The number of allylic oxidation sites excluding steroid dienone is 2. The van der Waals surface area contributed by atoms with Crippen LogP contribution in [-0.2, 0) is 19.0 Å². The second-order valence-corrected chi connectivity index (χ2v) is 11.8. The number of nitrogens with one attached hydrogen (secondary N) is 2. The number of hydrogen-bond acceptors (Lipinski definition) is 11. The van der Waals surface area contributed by atoms with Crippen molar-refractivity contribution in [1.29, 1.82) is 0 Å². The largest absolute Gasteiger partial charge is 0.506 e. The maximum atomic E-state index is 13.2. The number of fused-ring (bicyclic) bond motifs is 2. The molecule has 1 heterocycles. The van der Waals surface area contributed by atoms with E-state index in [-0.39, 0.29) is 40.2 Å². The Balaban J connectivity index is 2.17. The Morgan fingerprint density at radius 1 is 1.10 bits per heavy atom. The first-order valence-corrected chi connectivity index (χ1v) is 15.4. The van der Waals surface area contributed by atoms with Gasteiger partial charge in [0.1, 0.15) is 17.6 Å². The third-order valence-corrected chi connectivity index (χ3v) is 8.07. The molecule has 0 saturated heterocycles. The number of rotatable bonds is 6. The maximum Gasteiger partial charge on any atom is 0.405 e. The van der Waals surface area contributed by atoms with Gasteiger partial charge in [0, 0.05) is 55.0 Å². The lowest BCUT2D eigenvalue weighted by atomic mass is 9.91. The van der Waals surface area contributed by atoms with Crippen molar-refractivity contribution in [1.82, 2.24) is 0 Å². The third-order valence-electron chi connectivity index (χ3n) is 8.07. The molecular formula is C35H42N4O11. The number of nitrogens with zero attached hydrogens (tertiary/aromatic N) is 1. The highest BCUT2D eigenvalue weighted by Crippen LogP contribution is 2.42. The van der Waals surface area contributed by atoms with Crippen LogP contribution in [0.1, 0.15) is 50.0 Å². The molecule has 7 N–H and O–H groups in total. The monoisotopic (exact) mass is 694 g/mol. The Hall–Kier alpha value is -5.51. The fourth-order valence-electron chi connectivity index (χ4n) is 5.33. The van der Waals surface area contributed by atoms with Gasteiger partial charge in [-0.05, 0) is 51.0 Å². The smallest absolute Gasteiger partial charge is 0.405 e. The molecule has 0 saturated carbocycles. The van der Waals surface area contributed by atoms with Gasteiger partial charge in [0.2, 0.25) is 0 Å². The number of primary amides is 1. The number of nitro benzene ring substituents is 1. The molecule has 3 amide bonds. The molecule has 2 aromatic carbocycles. The number of amides is 3. The van der Waals surface area contributed by atoms with Crippen LogP contribution in [0.15, 0.2) is 71.4 Å². The molecule has 0 aromatic heterocycles. The van der Waals surface area contributed by atoms with Crippen molar-refractivity contribution in [3.63, 3.8) is 0 Å². The average Bonchev–Trinajstić information content (AvgIpc) is 3.07. The highest BCUT2D eigenvalue weighted by molar-refractivity contribution is 6.09. The molecule has 268 valence electrons. The highest BCUT2D eigenvalue weighted by Gasteiger charge is 2.29. The number of nitrogens with two attached hydrogens (primary N) is 1. The van der Waals surface area contributed by atoms with E-state index in [2.05, 4.69) is 10.6 Å². The number of anilines is 2. The molecule has 0 fully saturated rings. The van der Waals surface area contributed by atoms with Gasteiger partial charge in [-0.3, -0.25) is 19.7 Å². The molecule has 15 nitrogen and oxygen atoms in total. The second kappa shape index (κ2) is 17.2. The van der Waals surface area contributed by atoms with Crippen LogP contribution in [0.5, 0.6) is 11.5 Å². The fourth-order valence-corrected chi connectivity index (χ4v) is 5.33. The number of nitro groups is 1. The predicted molar refractivity (Wildman–Crippen MR) is 186 cm³/mol. The van der Waals surface area contributed by atoms with E-state index in [0.29, 0.717) is 11.1 Å². The number of benzene rings is 2. The van der Waals surface area contributed by atoms with E-state index in [4.69, 9.17) is 19.9 Å². The number of carbonyl (C=O) groups excluding carboxylic acids is 3. The van der Waals surface area contributed by atoms with Crippen LogP contribution in [0.2, 0.25) is 0 Å². The topological polar surface area (TPSA) is 233 Å². The molecule has 0 radical (unpaired) electrons. The quantitative estimate of drug-likeness (QED) is 0.0779. The Morgan fingerprint density at radius 2 is 1.76 bits per heavy atom. The van der Waals surface area contributed by atoms with Crippen LogP contribution in [0.25, 0.3) is 6.08 Å². The molecule has 0 spiro atoms. The Kier molecular flexibility index (Phi) is 13.4. The number of ether oxygens (including phenoxy) is 3. The number of aromatic hydroxyl groups is 2. The molecule has 1 aliphatic rings. The number of non-ortho nitro benzene ring substituents is 1. The van der Waals surface area contributed by atoms with Gasteiger partial charge in [0.15, 0.2) is 6.10 Å². The lowest BCUT2D eigenvalue weighted by molar-refractivity contribution is -0.384. The molecule has 2 aromatic rings. The van der Waals surface area contributed by atoms with E-state index in [1.165, 1.54) is 51.5 Å². The number of phenolic OH excluding ortho intramolecular Hbond substituents is 2. The molecule has 1 aliphatic heterocycles. The molecule has 50 heavy (non-hydrogen) atoms. The lowest BCUT2D eigenvalue weighted by Gasteiger charge is -2.28. The first kappa shape index (κ1) is 38.9. The van der Waals surface area contributed by atoms with E-state index in [9.17, 15) is 39.8 Å². The molecule has 2 bridgehead atoms. The van der Waals surface area contributed by atoms with Crippen LogP contribution in [0.4, 0.5) is 21.9 Å². The summed E-state index contributed by atoms with van der Waals surface area (Å²) in [5.41, 5.74) is 5.91. The number of aliphatic hydroxyl groups is 1. The van der Waals surface area contributed by atoms with Crippen LogP contribution in [0, 0.1) is 16.0 Å². The van der Waals surface area contributed by atoms with Crippen molar-refractivity contribution in [3.8, 4) is 11.5 Å². The predicted octanol–water partition coefficient (Wildman–Crippen LogP) is 4.94. The number of methoxy groups -OCH3 is 2. The van der Waals surface area contributed by atoms with Gasteiger partial charge in [-0.15, -0.1) is 0 Å². The van der Waals surface area contributed by atoms with Gasteiger partial charge in [-0.25, -0.2) is 4.79 Å². The van der Waals surface area contributed by atoms with Crippen molar-refractivity contribution < 1.29 is 48.8 Å². The van der Waals surface area contributed by atoms with Crippen molar-refractivity contribution in [2.45, 2.75) is 58.5 Å². The first-order chi connectivity index (χ1) is 23.6. The van der Waals surface area contributed by atoms with Gasteiger partial charge in [0.25, 0.3) is 17.5 Å². The third kappa shape index (κ3) is 9.78. The standard InChI is InChI=1S/C35H42N4O11/c1-18-14-24-29(38-34(44)22-10-12-23(13-11-22)39(46)47)26(40)17-25(31(24)42)37-33(43)19(2)8-7-9-27(48-5)32(50-35(36)45)21(4)16-20(3)30(41)28(15-18)49-6/h7-14,16-17,20,27-28,30,32,40-42H,15H2,1-6H3,(H2,36,45)(H,37,43)(H,38,44)/b9-7?,18-14+,19-8+,21-16+/t20-,27-,28-,30+,32-/m0/s1. The van der Waals surface area contributed by atoms with E-state index in [1.54, 1.807) is 32.9 Å². The number of carbonyl (C=O) groups is 3. The van der Waals surface area contributed by atoms with Crippen LogP contribution < -0.4 is 16.4 Å². The molecule has 0 aliphatic carbocycles. The summed E-state index contributed by atoms with van der Waals surface area (Å²) in [5.74, 6) is -2.95. The van der Waals surface area contributed by atoms with Crippen LogP contribution in [0.3, 0.4) is 0 Å². The minimum absolute atomic E-state index is 0.0313. The van der Waals surface area contributed by atoms with Gasteiger partial charge in [-0.2, -0.15) is 0 Å². The summed E-state index contributed by atoms with van der Waals surface area (Å²) in [5, 5.41) is 50.0. The van der Waals surface area contributed by atoms with Crippen LogP contribution in [-0.4, -0.2) is 76.8 Å². The summed E-state index contributed by atoms with van der Waals surface area (Å²) >= 11 is 0. The molecule has 0 unspecified atom stereocenters. The normalized spacial score (nSPS) is 25.1. The Morgan fingerprint density at radius 3 is 2.34 bits per heavy atom. The Bertz CT molecular complexity index is 1730. The van der Waals surface area contributed by atoms with Crippen molar-refractivity contribution in [2.75, 3.05) is 24.9 Å². The zero-order valence-electron chi connectivity index (χ0n) is 28.5. The highest BCUT2D eigenvalue weighted by atomic mass is 16.6. The second-order valence-electron chi connectivity index (χ2n) is 11.8. The summed E-state index contributed by atoms with van der Waals surface area (Å²) in [6.07, 6.45) is 3.02. The van der Waals surface area contributed by atoms with Crippen molar-refractivity contribution >= 4 is 41.0 Å². The molecule has 15 heteroatoms. The minimum atomic E-state index is -1.09. The summed E-state index contributed by atoms with van der Waals surface area (Å²) in [4.78, 5) is 48.6. The maximum absolute atomic E-state index is 13.2. The SMILES string of the molecule is CO[C@H]1C=C/C=C(\C)C(=O)Nc2cc(O)c(NC(=O)c3ccc([N+](=O)[O-])cc3)c(c2O)/C=C(\C)C[C@H](OC)[C@H](O)[C@@H](C)/C=C(\C)[C@@H]1OC(N)=O. The van der Waals surface area contributed by atoms with Crippen molar-refractivity contribution in [2.24, 2.45) is 11.7 Å². The average molecular weight is 695 g/mol. The van der Waals surface area contributed by atoms with Gasteiger partial charge < -0.3 is 45.9 Å². The zero-order valence-corrected chi connectivity index (χ0v) is 28.5. The summed E-state index contributed by atoms with van der Waals surface area (Å²) < 4.78 is 16.5. The lowest BCUT2D eigenvalue weighted by Crippen LogP contribution is -2.36. The molecular weight excluding hydrogens is 652 g/mol. The van der Waals surface area contributed by atoms with E-state index < -0.39 is 64.7 Å². The summed E-state index contributed by atoms with van der Waals surface area (Å²) in [6, 6.07) is 5.83.